The lowest BCUT2D eigenvalue weighted by Crippen LogP contribution is -3.00. The molecule has 0 amide bonds. The molecule has 0 fully saturated rings. The smallest absolute Gasteiger partial charge is 0.297 e. The molecule has 1 aliphatic heterocycles. The molecular formula is C13H18IN3S. The van der Waals surface area contributed by atoms with Crippen molar-refractivity contribution in [3.8, 4) is 0 Å². The Kier molecular flexibility index (Phi) is 6.70. The summed E-state index contributed by atoms with van der Waals surface area (Å²) in [6.07, 6.45) is 4.34. The molecule has 0 unspecified atom stereocenters. The Labute approximate surface area is 130 Å². The zero-order chi connectivity index (χ0) is 12.1. The van der Waals surface area contributed by atoms with E-state index in [2.05, 4.69) is 34.1 Å². The first kappa shape index (κ1) is 15.5. The maximum Gasteiger partial charge on any atom is 0.297 e. The van der Waals surface area contributed by atoms with E-state index in [1.165, 1.54) is 12.3 Å². The summed E-state index contributed by atoms with van der Waals surface area (Å²) in [5.41, 5.74) is 1.09. The normalized spacial score (nSPS) is 15.6. The van der Waals surface area contributed by atoms with Crippen LogP contribution in [0.5, 0.6) is 0 Å². The Morgan fingerprint density at radius 2 is 2.06 bits per heavy atom. The van der Waals surface area contributed by atoms with Crippen molar-refractivity contribution >= 4 is 28.5 Å². The largest absolute Gasteiger partial charge is 1.00 e. The summed E-state index contributed by atoms with van der Waals surface area (Å²) in [6.45, 7) is 1.12. The molecule has 0 radical (unpaired) electrons. The first-order valence-corrected chi connectivity index (χ1v) is 7.04. The molecule has 1 aromatic carbocycles. The molecule has 0 aromatic heterocycles. The van der Waals surface area contributed by atoms with Crippen LogP contribution in [0.15, 0.2) is 35.3 Å². The maximum absolute atomic E-state index is 4.68. The number of hydrogen-bond acceptors (Lipinski definition) is 2. The molecule has 0 bridgehead atoms. The van der Waals surface area contributed by atoms with Gasteiger partial charge < -0.3 is 29.3 Å². The second-order valence-corrected chi connectivity index (χ2v) is 4.85. The van der Waals surface area contributed by atoms with Crippen LogP contribution < -0.4 is 29.3 Å². The first-order chi connectivity index (χ1) is 8.29. The number of anilines is 1. The molecule has 98 valence electrons. The van der Waals surface area contributed by atoms with Gasteiger partial charge in [0.2, 0.25) is 0 Å². The molecule has 0 saturated carbocycles. The maximum atomic E-state index is 4.68. The molecule has 1 heterocycles. The zero-order valence-corrected chi connectivity index (χ0v) is 13.7. The van der Waals surface area contributed by atoms with Gasteiger partial charge in [-0.05, 0) is 29.8 Å². The van der Waals surface area contributed by atoms with Crippen molar-refractivity contribution in [3.05, 3.63) is 30.3 Å². The summed E-state index contributed by atoms with van der Waals surface area (Å²) in [4.78, 5) is 4.68. The Balaban J connectivity index is 0.00000162. The second-order valence-electron chi connectivity index (χ2n) is 4.05. The highest BCUT2D eigenvalue weighted by Gasteiger charge is 2.19. The number of benzene rings is 1. The van der Waals surface area contributed by atoms with Gasteiger partial charge in [0, 0.05) is 5.69 Å². The second kappa shape index (κ2) is 7.78. The number of rotatable bonds is 1. The average Bonchev–Trinajstić information content (AvgIpc) is 2.75. The van der Waals surface area contributed by atoms with E-state index >= 15 is 0 Å². The molecular weight excluding hydrogens is 357 g/mol. The number of hydrogen-bond donors (Lipinski definition) is 1. The van der Waals surface area contributed by atoms with E-state index < -0.39 is 0 Å². The van der Waals surface area contributed by atoms with Gasteiger partial charge in [0.25, 0.3) is 11.0 Å². The summed E-state index contributed by atoms with van der Waals surface area (Å²) in [6, 6.07) is 10.2. The minimum Gasteiger partial charge on any atom is -1.00 e. The molecule has 0 spiro atoms. The van der Waals surface area contributed by atoms with Gasteiger partial charge in [-0.25, -0.2) is 0 Å². The van der Waals surface area contributed by atoms with Gasteiger partial charge in [0.05, 0.1) is 20.0 Å². The highest BCUT2D eigenvalue weighted by molar-refractivity contribution is 8.13. The SMILES string of the molecule is CSC(=NC1=[N+](C)CCC1)Nc1ccccc1.[I-]. The van der Waals surface area contributed by atoms with Crippen LogP contribution in [0, 0.1) is 0 Å². The van der Waals surface area contributed by atoms with Gasteiger partial charge in [-0.3, -0.25) is 4.58 Å². The third-order valence-corrected chi connectivity index (χ3v) is 3.36. The predicted molar refractivity (Wildman–Crippen MR) is 76.3 cm³/mol. The number of aliphatic imine (C=N–C) groups is 1. The molecule has 1 aromatic rings. The Morgan fingerprint density at radius 1 is 1.33 bits per heavy atom. The number of thioether (sulfide) groups is 1. The van der Waals surface area contributed by atoms with Gasteiger partial charge >= 0.3 is 0 Å². The van der Waals surface area contributed by atoms with Crippen LogP contribution >= 0.6 is 11.8 Å². The van der Waals surface area contributed by atoms with Crippen molar-refractivity contribution < 1.29 is 28.6 Å². The van der Waals surface area contributed by atoms with Gasteiger partial charge in [0.1, 0.15) is 0 Å². The van der Waals surface area contributed by atoms with Gasteiger partial charge in [-0.15, -0.1) is 0 Å². The summed E-state index contributed by atoms with van der Waals surface area (Å²) in [7, 11) is 2.10. The fourth-order valence-electron chi connectivity index (χ4n) is 1.82. The van der Waals surface area contributed by atoms with Crippen LogP contribution in [0.2, 0.25) is 0 Å². The third kappa shape index (κ3) is 4.28. The molecule has 18 heavy (non-hydrogen) atoms. The van der Waals surface area contributed by atoms with Crippen molar-refractivity contribution in [3.63, 3.8) is 0 Å². The van der Waals surface area contributed by atoms with E-state index in [0.717, 1.165) is 23.8 Å². The van der Waals surface area contributed by atoms with E-state index in [0.29, 0.717) is 0 Å². The topological polar surface area (TPSA) is 27.4 Å². The lowest BCUT2D eigenvalue weighted by Gasteiger charge is -2.02. The number of amidine groups is 2. The van der Waals surface area contributed by atoms with Crippen LogP contribution in [-0.2, 0) is 0 Å². The Morgan fingerprint density at radius 3 is 2.61 bits per heavy atom. The van der Waals surface area contributed by atoms with Crippen molar-refractivity contribution in [2.45, 2.75) is 12.8 Å². The molecule has 0 atom stereocenters. The molecule has 2 rings (SSSR count). The molecule has 1 aliphatic rings. The fraction of sp³-hybridized carbons (Fsp3) is 0.385. The quantitative estimate of drug-likeness (QED) is 0.315. The van der Waals surface area contributed by atoms with Crippen LogP contribution in [0.25, 0.3) is 0 Å². The van der Waals surface area contributed by atoms with Crippen LogP contribution in [0.4, 0.5) is 5.69 Å². The number of nitrogens with zero attached hydrogens (tertiary/aromatic N) is 2. The monoisotopic (exact) mass is 375 g/mol. The van der Waals surface area contributed by atoms with Gasteiger partial charge in [-0.1, -0.05) is 30.0 Å². The summed E-state index contributed by atoms with van der Waals surface area (Å²) < 4.78 is 2.23. The van der Waals surface area contributed by atoms with Gasteiger partial charge in [0.15, 0.2) is 0 Å². The van der Waals surface area contributed by atoms with E-state index in [9.17, 15) is 0 Å². The molecule has 1 N–H and O–H groups in total. The van der Waals surface area contributed by atoms with Crippen LogP contribution in [0.3, 0.4) is 0 Å². The van der Waals surface area contributed by atoms with Crippen LogP contribution in [-0.4, -0.2) is 35.4 Å². The van der Waals surface area contributed by atoms with E-state index in [4.69, 9.17) is 0 Å². The number of nitrogens with one attached hydrogen (secondary N) is 1. The van der Waals surface area contributed by atoms with Crippen molar-refractivity contribution in [1.82, 2.24) is 0 Å². The van der Waals surface area contributed by atoms with Crippen molar-refractivity contribution in [1.29, 1.82) is 0 Å². The minimum atomic E-state index is 0. The molecule has 5 heteroatoms. The highest BCUT2D eigenvalue weighted by Crippen LogP contribution is 2.11. The lowest BCUT2D eigenvalue weighted by molar-refractivity contribution is -0.489. The fourth-order valence-corrected chi connectivity index (χ4v) is 2.24. The molecule has 3 nitrogen and oxygen atoms in total. The third-order valence-electron chi connectivity index (χ3n) is 2.78. The first-order valence-electron chi connectivity index (χ1n) is 5.81. The highest BCUT2D eigenvalue weighted by atomic mass is 127. The number of halogens is 1. The zero-order valence-electron chi connectivity index (χ0n) is 10.7. The lowest BCUT2D eigenvalue weighted by atomic mass is 10.3. The average molecular weight is 375 g/mol. The number of para-hydroxylation sites is 1. The van der Waals surface area contributed by atoms with Crippen molar-refractivity contribution in [2.24, 2.45) is 4.99 Å². The standard InChI is InChI=1S/C13H17N3S.HI/c1-16-10-6-9-12(16)15-13(17-2)14-11-7-4-3-5-8-11;/h3-5,7-8H,6,9-10H2,1-2H3;1H. The molecule has 0 aliphatic carbocycles. The predicted octanol–water partition coefficient (Wildman–Crippen LogP) is -0.344. The van der Waals surface area contributed by atoms with Gasteiger partial charge in [-0.2, -0.15) is 0 Å². The van der Waals surface area contributed by atoms with Crippen molar-refractivity contribution in [2.75, 3.05) is 25.2 Å². The summed E-state index contributed by atoms with van der Waals surface area (Å²) in [5, 5.41) is 4.30. The van der Waals surface area contributed by atoms with E-state index in [-0.39, 0.29) is 24.0 Å². The van der Waals surface area contributed by atoms with E-state index in [1.807, 2.05) is 24.5 Å². The summed E-state index contributed by atoms with van der Waals surface area (Å²) >= 11 is 1.65. The molecule has 0 saturated heterocycles. The summed E-state index contributed by atoms with van der Waals surface area (Å²) in [5.74, 6) is 1.18. The minimum absolute atomic E-state index is 0. The van der Waals surface area contributed by atoms with Crippen LogP contribution in [0.1, 0.15) is 12.8 Å². The van der Waals surface area contributed by atoms with E-state index in [1.54, 1.807) is 11.8 Å². The Bertz CT molecular complexity index is 443. The Hall–Kier alpha value is -0.560.